The highest BCUT2D eigenvalue weighted by Gasteiger charge is 2.38. The number of alkyl halides is 3. The Morgan fingerprint density at radius 2 is 2.00 bits per heavy atom. The lowest BCUT2D eigenvalue weighted by atomic mass is 10.1. The number of pyridine rings is 1. The molecule has 0 aliphatic heterocycles. The van der Waals surface area contributed by atoms with Gasteiger partial charge >= 0.3 is 12.1 Å². The highest BCUT2D eigenvalue weighted by atomic mass is 19.4. The van der Waals surface area contributed by atoms with Gasteiger partial charge in [0, 0.05) is 19.0 Å². The van der Waals surface area contributed by atoms with Crippen LogP contribution in [0.25, 0.3) is 0 Å². The molecule has 2 aromatic heterocycles. The van der Waals surface area contributed by atoms with Gasteiger partial charge in [-0.25, -0.2) is 0 Å². The van der Waals surface area contributed by atoms with Crippen molar-refractivity contribution in [2.24, 2.45) is 0 Å². The molecule has 0 saturated heterocycles. The monoisotopic (exact) mass is 342 g/mol. The Hall–Kier alpha value is -2.45. The highest BCUT2D eigenvalue weighted by molar-refractivity contribution is 5.90. The summed E-state index contributed by atoms with van der Waals surface area (Å²) in [4.78, 5) is 18.9. The summed E-state index contributed by atoms with van der Waals surface area (Å²) in [5, 5.41) is 6.03. The van der Waals surface area contributed by atoms with Gasteiger partial charge in [-0.05, 0) is 25.0 Å². The van der Waals surface area contributed by atoms with Gasteiger partial charge < -0.3 is 9.84 Å². The molecule has 2 aromatic rings. The summed E-state index contributed by atoms with van der Waals surface area (Å²) in [5.41, 5.74) is 0.653. The van der Waals surface area contributed by atoms with Gasteiger partial charge in [0.2, 0.25) is 5.91 Å². The van der Waals surface area contributed by atoms with Gasteiger partial charge in [-0.15, -0.1) is 0 Å². The molecule has 0 spiro atoms. The average molecular weight is 342 g/mol. The Bertz CT molecular complexity index is 644. The van der Waals surface area contributed by atoms with Crippen LogP contribution in [0, 0.1) is 0 Å². The molecule has 1 amide bonds. The Morgan fingerprint density at radius 1 is 1.21 bits per heavy atom. The number of hydrogen-bond acceptors (Lipinski definition) is 5. The van der Waals surface area contributed by atoms with Crippen molar-refractivity contribution in [3.05, 3.63) is 36.2 Å². The van der Waals surface area contributed by atoms with Crippen LogP contribution in [0.1, 0.15) is 43.8 Å². The van der Waals surface area contributed by atoms with E-state index in [1.807, 2.05) is 0 Å². The van der Waals surface area contributed by atoms with E-state index >= 15 is 0 Å². The van der Waals surface area contributed by atoms with Crippen molar-refractivity contribution >= 4 is 11.6 Å². The summed E-state index contributed by atoms with van der Waals surface area (Å²) in [6.45, 7) is 0. The first-order valence-corrected chi connectivity index (χ1v) is 7.55. The van der Waals surface area contributed by atoms with Crippen LogP contribution in [0.2, 0.25) is 0 Å². The van der Waals surface area contributed by atoms with E-state index in [-0.39, 0.29) is 11.7 Å². The van der Waals surface area contributed by atoms with E-state index in [4.69, 9.17) is 0 Å². The molecule has 0 saturated carbocycles. The predicted octanol–water partition coefficient (Wildman–Crippen LogP) is 3.62. The van der Waals surface area contributed by atoms with Crippen molar-refractivity contribution in [2.75, 3.05) is 5.32 Å². The van der Waals surface area contributed by atoms with Crippen LogP contribution in [-0.4, -0.2) is 21.0 Å². The van der Waals surface area contributed by atoms with Crippen LogP contribution in [-0.2, 0) is 17.4 Å². The summed E-state index contributed by atoms with van der Waals surface area (Å²) >= 11 is 0. The molecule has 24 heavy (non-hydrogen) atoms. The lowest BCUT2D eigenvalue weighted by Crippen LogP contribution is -2.11. The van der Waals surface area contributed by atoms with Crippen molar-refractivity contribution in [1.29, 1.82) is 0 Å². The number of aromatic nitrogens is 3. The molecule has 130 valence electrons. The van der Waals surface area contributed by atoms with E-state index in [0.717, 1.165) is 12.8 Å². The van der Waals surface area contributed by atoms with Gasteiger partial charge in [0.1, 0.15) is 0 Å². The molecule has 2 heterocycles. The van der Waals surface area contributed by atoms with Gasteiger partial charge in [-0.1, -0.05) is 18.0 Å². The van der Waals surface area contributed by atoms with Gasteiger partial charge in [0.25, 0.3) is 0 Å². The van der Waals surface area contributed by atoms with E-state index in [9.17, 15) is 18.0 Å². The minimum atomic E-state index is -4.60. The number of nitrogens with one attached hydrogen (secondary N) is 1. The van der Waals surface area contributed by atoms with Crippen LogP contribution in [0.5, 0.6) is 0 Å². The molecule has 2 rings (SSSR count). The molecule has 1 N–H and O–H groups in total. The first kappa shape index (κ1) is 17.9. The van der Waals surface area contributed by atoms with Crippen molar-refractivity contribution in [3.63, 3.8) is 0 Å². The van der Waals surface area contributed by atoms with Crippen molar-refractivity contribution in [1.82, 2.24) is 15.1 Å². The van der Waals surface area contributed by atoms with Gasteiger partial charge in [0.05, 0.1) is 11.9 Å². The van der Waals surface area contributed by atoms with Crippen LogP contribution < -0.4 is 5.32 Å². The Labute approximate surface area is 136 Å². The minimum Gasteiger partial charge on any atom is -0.329 e. The van der Waals surface area contributed by atoms with Crippen LogP contribution in [0.3, 0.4) is 0 Å². The molecule has 9 heteroatoms. The molecular formula is C15H17F3N4O2. The second-order valence-electron chi connectivity index (χ2n) is 5.22. The summed E-state index contributed by atoms with van der Waals surface area (Å²) in [6, 6.07) is 3.49. The predicted molar refractivity (Wildman–Crippen MR) is 79.0 cm³/mol. The van der Waals surface area contributed by atoms with Gasteiger partial charge in [0.15, 0.2) is 5.82 Å². The smallest absolute Gasteiger partial charge is 0.329 e. The van der Waals surface area contributed by atoms with E-state index in [0.29, 0.717) is 31.4 Å². The second-order valence-corrected chi connectivity index (χ2v) is 5.22. The summed E-state index contributed by atoms with van der Waals surface area (Å²) in [6.07, 6.45) is 2.20. The Kier molecular flexibility index (Phi) is 6.28. The topological polar surface area (TPSA) is 80.9 Å². The normalized spacial score (nSPS) is 11.5. The second kappa shape index (κ2) is 8.42. The minimum absolute atomic E-state index is 0.0524. The number of anilines is 1. The molecule has 0 bridgehead atoms. The fourth-order valence-corrected chi connectivity index (χ4v) is 2.05. The number of hydrogen-bond donors (Lipinski definition) is 1. The van der Waals surface area contributed by atoms with Crippen molar-refractivity contribution in [3.8, 4) is 0 Å². The first-order valence-electron chi connectivity index (χ1n) is 7.55. The van der Waals surface area contributed by atoms with Crippen LogP contribution >= 0.6 is 0 Å². The number of halogens is 3. The highest BCUT2D eigenvalue weighted by Crippen LogP contribution is 2.27. The van der Waals surface area contributed by atoms with Crippen molar-refractivity contribution < 1.29 is 22.5 Å². The number of unbranched alkanes of at least 4 members (excludes halogenated alkanes) is 3. The first-order chi connectivity index (χ1) is 11.4. The zero-order chi connectivity index (χ0) is 17.4. The van der Waals surface area contributed by atoms with Crippen LogP contribution in [0.15, 0.2) is 29.0 Å². The zero-order valence-electron chi connectivity index (χ0n) is 12.8. The SMILES string of the molecule is O=C(CCCCCCc1noc(C(F)(F)F)n1)Nc1cccnc1. The Morgan fingerprint density at radius 3 is 2.67 bits per heavy atom. The lowest BCUT2D eigenvalue weighted by molar-refractivity contribution is -0.159. The standard InChI is InChI=1S/C15H17F3N4O2/c16-15(17,18)14-21-12(22-24-14)7-3-1-2-4-8-13(23)20-11-6-5-9-19-10-11/h5-6,9-10H,1-4,7-8H2,(H,20,23). The third kappa shape index (κ3) is 5.98. The molecule has 0 fully saturated rings. The molecule has 0 aromatic carbocycles. The van der Waals surface area contributed by atoms with E-state index in [1.54, 1.807) is 24.5 Å². The third-order valence-electron chi connectivity index (χ3n) is 3.21. The Balaban J connectivity index is 1.57. The summed E-state index contributed by atoms with van der Waals surface area (Å²) in [7, 11) is 0. The molecule has 6 nitrogen and oxygen atoms in total. The van der Waals surface area contributed by atoms with E-state index in [2.05, 4.69) is 25.0 Å². The number of nitrogens with zero attached hydrogens (tertiary/aromatic N) is 3. The number of carbonyl (C=O) groups excluding carboxylic acids is 1. The number of rotatable bonds is 8. The molecule has 0 radical (unpaired) electrons. The third-order valence-corrected chi connectivity index (χ3v) is 3.21. The maximum Gasteiger partial charge on any atom is 0.471 e. The quantitative estimate of drug-likeness (QED) is 0.741. The summed E-state index contributed by atoms with van der Waals surface area (Å²) in [5.74, 6) is -1.35. The number of amides is 1. The maximum absolute atomic E-state index is 12.3. The van der Waals surface area contributed by atoms with E-state index < -0.39 is 12.1 Å². The fraction of sp³-hybridized carbons (Fsp3) is 0.467. The number of aryl methyl sites for hydroxylation is 1. The number of carbonyl (C=O) groups is 1. The largest absolute Gasteiger partial charge is 0.471 e. The summed E-state index contributed by atoms with van der Waals surface area (Å²) < 4.78 is 41.0. The molecule has 0 aliphatic rings. The zero-order valence-corrected chi connectivity index (χ0v) is 12.8. The molecule has 0 aliphatic carbocycles. The molecule has 0 atom stereocenters. The average Bonchev–Trinajstić information content (AvgIpc) is 3.01. The van der Waals surface area contributed by atoms with Crippen LogP contribution in [0.4, 0.5) is 18.9 Å². The fourth-order valence-electron chi connectivity index (χ4n) is 2.05. The maximum atomic E-state index is 12.3. The van der Waals surface area contributed by atoms with Gasteiger partial charge in [-0.3, -0.25) is 9.78 Å². The molecular weight excluding hydrogens is 325 g/mol. The lowest BCUT2D eigenvalue weighted by Gasteiger charge is -2.04. The molecule has 0 unspecified atom stereocenters. The van der Waals surface area contributed by atoms with Gasteiger partial charge in [-0.2, -0.15) is 18.2 Å². The van der Waals surface area contributed by atoms with E-state index in [1.165, 1.54) is 0 Å². The van der Waals surface area contributed by atoms with Crippen molar-refractivity contribution in [2.45, 2.75) is 44.7 Å².